The number of aromatic nitrogens is 3. The molecule has 3 heterocycles. The standard InChI is InChI=1S/C46H37N3.2C2H6/c1-7-14-35-30(5)31(6)39(37-17-10-9-16-36(35)37)26-29(4)28(3)25-32(8-2)34-21-23-42-40(27-34)38-22-20-33-15-13-24-47-45(33)44(38)46-48-41-18-11-12-19-43(41)49(42)46;2*1-2/h7-27H,2-3H2,1,4-6H3;2*1-2H3/b14-7-,29-26+,32-25+;;. The summed E-state index contributed by atoms with van der Waals surface area (Å²) in [4.78, 5) is 9.97. The molecule has 264 valence electrons. The van der Waals surface area contributed by atoms with Crippen molar-refractivity contribution < 1.29 is 0 Å². The molecule has 3 nitrogen and oxygen atoms in total. The first-order valence-electron chi connectivity index (χ1n) is 18.8. The van der Waals surface area contributed by atoms with E-state index in [1.54, 1.807) is 0 Å². The first kappa shape index (κ1) is 36.7. The molecule has 0 aliphatic carbocycles. The van der Waals surface area contributed by atoms with Crippen molar-refractivity contribution in [3.05, 3.63) is 168 Å². The minimum Gasteiger partial charge on any atom is -0.292 e. The van der Waals surface area contributed by atoms with E-state index in [0.29, 0.717) is 0 Å². The second-order valence-electron chi connectivity index (χ2n) is 12.8. The van der Waals surface area contributed by atoms with Gasteiger partial charge in [-0.2, -0.15) is 0 Å². The SMILES string of the molecule is C=C/C(=C\C(=C)/C(C)=C/c1c(C)c(C)c(/C=C\C)c2ccccc12)c1ccc2c(c1)c1ccc3cccnc3c1c1nc3ccccc3n21.CC.CC. The molecule has 8 rings (SSSR count). The van der Waals surface area contributed by atoms with Crippen LogP contribution in [0.4, 0.5) is 0 Å². The molecule has 0 radical (unpaired) electrons. The van der Waals surface area contributed by atoms with E-state index in [1.807, 2.05) is 52.1 Å². The molecule has 0 spiro atoms. The van der Waals surface area contributed by atoms with Crippen LogP contribution in [0.5, 0.6) is 0 Å². The van der Waals surface area contributed by atoms with Crippen LogP contribution in [0.25, 0.3) is 77.8 Å². The Bertz CT molecular complexity index is 2790. The largest absolute Gasteiger partial charge is 0.292 e. The van der Waals surface area contributed by atoms with Crippen LogP contribution in [0.1, 0.15) is 69.4 Å². The lowest BCUT2D eigenvalue weighted by Crippen LogP contribution is -1.95. The Balaban J connectivity index is 0.00000116. The van der Waals surface area contributed by atoms with Gasteiger partial charge in [-0.3, -0.25) is 9.38 Å². The van der Waals surface area contributed by atoms with Gasteiger partial charge in [0.15, 0.2) is 0 Å². The lowest BCUT2D eigenvalue weighted by atomic mass is 9.88. The zero-order chi connectivity index (χ0) is 37.8. The number of imidazole rings is 1. The van der Waals surface area contributed by atoms with Crippen LogP contribution in [0.2, 0.25) is 0 Å². The van der Waals surface area contributed by atoms with Gasteiger partial charge in [0.1, 0.15) is 5.65 Å². The Kier molecular flexibility index (Phi) is 10.9. The smallest absolute Gasteiger partial charge is 0.148 e. The first-order valence-corrected chi connectivity index (χ1v) is 18.8. The van der Waals surface area contributed by atoms with E-state index < -0.39 is 0 Å². The van der Waals surface area contributed by atoms with Crippen molar-refractivity contribution in [2.24, 2.45) is 0 Å². The van der Waals surface area contributed by atoms with Gasteiger partial charge in [0, 0.05) is 17.0 Å². The van der Waals surface area contributed by atoms with Crippen LogP contribution in [0.15, 0.2) is 140 Å². The molecule has 8 aromatic rings. The number of hydrogen-bond donors (Lipinski definition) is 0. The lowest BCUT2D eigenvalue weighted by molar-refractivity contribution is 1.31. The highest BCUT2D eigenvalue weighted by atomic mass is 15.0. The van der Waals surface area contributed by atoms with E-state index in [9.17, 15) is 0 Å². The van der Waals surface area contributed by atoms with Crippen LogP contribution in [0, 0.1) is 13.8 Å². The topological polar surface area (TPSA) is 30.2 Å². The second-order valence-corrected chi connectivity index (χ2v) is 12.8. The number of benzene rings is 5. The fraction of sp³-hybridized carbons (Fsp3) is 0.160. The molecule has 3 heteroatoms. The van der Waals surface area contributed by atoms with E-state index in [4.69, 9.17) is 9.97 Å². The van der Waals surface area contributed by atoms with Gasteiger partial charge in [0.2, 0.25) is 0 Å². The van der Waals surface area contributed by atoms with Gasteiger partial charge in [0.05, 0.1) is 27.5 Å². The minimum atomic E-state index is 0.922. The molecule has 0 aliphatic heterocycles. The van der Waals surface area contributed by atoms with Crippen molar-refractivity contribution in [3.63, 3.8) is 0 Å². The monoisotopic (exact) mass is 691 g/mol. The Morgan fingerprint density at radius 3 is 2.17 bits per heavy atom. The zero-order valence-corrected chi connectivity index (χ0v) is 32.4. The van der Waals surface area contributed by atoms with Crippen molar-refractivity contribution in [2.45, 2.75) is 55.4 Å². The van der Waals surface area contributed by atoms with Gasteiger partial charge in [-0.25, -0.2) is 4.98 Å². The Hall–Kier alpha value is -6.06. The van der Waals surface area contributed by atoms with Crippen molar-refractivity contribution in [1.82, 2.24) is 14.4 Å². The van der Waals surface area contributed by atoms with Crippen LogP contribution in [-0.4, -0.2) is 14.4 Å². The summed E-state index contributed by atoms with van der Waals surface area (Å²) < 4.78 is 2.28. The van der Waals surface area contributed by atoms with Crippen molar-refractivity contribution in [2.75, 3.05) is 0 Å². The number of rotatable bonds is 6. The molecule has 0 unspecified atom stereocenters. The molecular weight excluding hydrogens is 643 g/mol. The molecule has 3 aromatic heterocycles. The van der Waals surface area contributed by atoms with Gasteiger partial charge in [-0.1, -0.05) is 126 Å². The lowest BCUT2D eigenvalue weighted by Gasteiger charge is -2.16. The maximum atomic E-state index is 5.13. The quantitative estimate of drug-likeness (QED) is 0.128. The van der Waals surface area contributed by atoms with E-state index in [0.717, 1.165) is 71.5 Å². The summed E-state index contributed by atoms with van der Waals surface area (Å²) in [6.07, 6.45) is 12.6. The Labute approximate surface area is 314 Å². The summed E-state index contributed by atoms with van der Waals surface area (Å²) in [7, 11) is 0. The van der Waals surface area contributed by atoms with Crippen molar-refractivity contribution in [1.29, 1.82) is 0 Å². The summed E-state index contributed by atoms with van der Waals surface area (Å²) in [5, 5.41) is 6.94. The van der Waals surface area contributed by atoms with Gasteiger partial charge in [-0.05, 0) is 125 Å². The molecular formula is C50H49N3. The number of nitrogens with zero attached hydrogens (tertiary/aromatic N) is 3. The summed E-state index contributed by atoms with van der Waals surface area (Å²) in [5.41, 5.74) is 14.3. The van der Waals surface area contributed by atoms with E-state index in [2.05, 4.69) is 148 Å². The van der Waals surface area contributed by atoms with Crippen molar-refractivity contribution in [3.8, 4) is 0 Å². The van der Waals surface area contributed by atoms with Crippen LogP contribution < -0.4 is 0 Å². The molecule has 53 heavy (non-hydrogen) atoms. The fourth-order valence-electron chi connectivity index (χ4n) is 7.36. The molecule has 5 aromatic carbocycles. The second kappa shape index (κ2) is 15.7. The number of para-hydroxylation sites is 2. The molecule has 0 atom stereocenters. The van der Waals surface area contributed by atoms with Gasteiger partial charge < -0.3 is 0 Å². The third-order valence-corrected chi connectivity index (χ3v) is 10.0. The maximum Gasteiger partial charge on any atom is 0.148 e. The average Bonchev–Trinajstić information content (AvgIpc) is 3.61. The number of fused-ring (bicyclic) bond motifs is 11. The highest BCUT2D eigenvalue weighted by Crippen LogP contribution is 2.38. The molecule has 0 bridgehead atoms. The van der Waals surface area contributed by atoms with Gasteiger partial charge >= 0.3 is 0 Å². The van der Waals surface area contributed by atoms with E-state index in [1.165, 1.54) is 33.0 Å². The van der Waals surface area contributed by atoms with Gasteiger partial charge in [0.25, 0.3) is 0 Å². The minimum absolute atomic E-state index is 0.922. The Morgan fingerprint density at radius 2 is 1.43 bits per heavy atom. The zero-order valence-electron chi connectivity index (χ0n) is 32.4. The molecule has 0 aliphatic rings. The molecule has 0 saturated heterocycles. The van der Waals surface area contributed by atoms with Crippen LogP contribution in [0.3, 0.4) is 0 Å². The molecule has 0 N–H and O–H groups in total. The highest BCUT2D eigenvalue weighted by Gasteiger charge is 2.17. The third kappa shape index (κ3) is 6.38. The summed E-state index contributed by atoms with van der Waals surface area (Å²) in [6.45, 7) is 25.4. The normalized spacial score (nSPS) is 12.1. The number of pyridine rings is 2. The Morgan fingerprint density at radius 1 is 0.736 bits per heavy atom. The fourth-order valence-corrected chi connectivity index (χ4v) is 7.36. The third-order valence-electron chi connectivity index (χ3n) is 10.0. The summed E-state index contributed by atoms with van der Waals surface area (Å²) in [6, 6.07) is 32.2. The molecule has 0 saturated carbocycles. The van der Waals surface area contributed by atoms with Crippen LogP contribution in [-0.2, 0) is 0 Å². The predicted octanol–water partition coefficient (Wildman–Crippen LogP) is 14.4. The molecule has 0 fully saturated rings. The van der Waals surface area contributed by atoms with Crippen molar-refractivity contribution >= 4 is 77.8 Å². The molecule has 0 amide bonds. The summed E-state index contributed by atoms with van der Waals surface area (Å²) >= 11 is 0. The summed E-state index contributed by atoms with van der Waals surface area (Å²) in [5.74, 6) is 0. The number of hydrogen-bond acceptors (Lipinski definition) is 2. The first-order chi connectivity index (χ1) is 25.9. The van der Waals surface area contributed by atoms with E-state index >= 15 is 0 Å². The maximum absolute atomic E-state index is 5.13. The highest BCUT2D eigenvalue weighted by molar-refractivity contribution is 6.22. The van der Waals surface area contributed by atoms with E-state index in [-0.39, 0.29) is 0 Å². The van der Waals surface area contributed by atoms with Gasteiger partial charge in [-0.15, -0.1) is 0 Å². The average molecular weight is 692 g/mol. The van der Waals surface area contributed by atoms with Crippen LogP contribution >= 0.6 is 0 Å². The predicted molar refractivity (Wildman–Crippen MR) is 235 cm³/mol. The number of allylic oxidation sites excluding steroid dienone is 6.